The number of fused-ring (bicyclic) bond motifs is 1. The first kappa shape index (κ1) is 22.6. The highest BCUT2D eigenvalue weighted by molar-refractivity contribution is 5.80. The van der Waals surface area contributed by atoms with Crippen molar-refractivity contribution in [1.82, 2.24) is 20.2 Å². The first-order valence-corrected chi connectivity index (χ1v) is 10.9. The van der Waals surface area contributed by atoms with Crippen molar-refractivity contribution in [3.05, 3.63) is 59.9 Å². The summed E-state index contributed by atoms with van der Waals surface area (Å²) in [5, 5.41) is 17.1. The smallest absolute Gasteiger partial charge is 0.191 e. The molecule has 31 heavy (non-hydrogen) atoms. The molecule has 0 fully saturated rings. The van der Waals surface area contributed by atoms with Gasteiger partial charge in [-0.2, -0.15) is 0 Å². The zero-order chi connectivity index (χ0) is 22.2. The zero-order valence-corrected chi connectivity index (χ0v) is 18.8. The highest BCUT2D eigenvalue weighted by Crippen LogP contribution is 2.19. The summed E-state index contributed by atoms with van der Waals surface area (Å²) in [5.74, 6) is 2.47. The van der Waals surface area contributed by atoms with Crippen LogP contribution in [0.15, 0.2) is 53.5 Å². The number of rotatable bonds is 9. The second-order valence-corrected chi connectivity index (χ2v) is 7.70. The predicted octanol–water partition coefficient (Wildman–Crippen LogP) is 3.42. The molecule has 0 saturated carbocycles. The van der Waals surface area contributed by atoms with Crippen molar-refractivity contribution < 1.29 is 9.84 Å². The Labute approximate surface area is 184 Å². The molecule has 3 rings (SSSR count). The maximum Gasteiger partial charge on any atom is 0.191 e. The molecule has 3 aromatic rings. The van der Waals surface area contributed by atoms with Gasteiger partial charge in [0.05, 0.1) is 29.8 Å². The molecule has 0 aliphatic heterocycles. The molecule has 7 heteroatoms. The first-order valence-electron chi connectivity index (χ1n) is 10.9. The molecule has 166 valence electrons. The summed E-state index contributed by atoms with van der Waals surface area (Å²) in [5.41, 5.74) is 2.95. The highest BCUT2D eigenvalue weighted by atomic mass is 16.5. The Balaban J connectivity index is 1.57. The Hall–Kier alpha value is -3.06. The number of hydrogen-bond donors (Lipinski definition) is 3. The average molecular weight is 424 g/mol. The van der Waals surface area contributed by atoms with Crippen molar-refractivity contribution >= 4 is 17.0 Å². The van der Waals surface area contributed by atoms with E-state index in [0.717, 1.165) is 41.3 Å². The molecular formula is C24H33N5O2. The van der Waals surface area contributed by atoms with E-state index in [9.17, 15) is 5.11 Å². The van der Waals surface area contributed by atoms with Gasteiger partial charge in [-0.15, -0.1) is 0 Å². The zero-order valence-electron chi connectivity index (χ0n) is 18.8. The summed E-state index contributed by atoms with van der Waals surface area (Å²) in [4.78, 5) is 9.16. The van der Waals surface area contributed by atoms with E-state index < -0.39 is 6.10 Å². The minimum absolute atomic E-state index is 0.123. The van der Waals surface area contributed by atoms with Crippen LogP contribution in [0.3, 0.4) is 0 Å². The number of guanidine groups is 1. The van der Waals surface area contributed by atoms with Gasteiger partial charge in [0, 0.05) is 19.6 Å². The molecule has 0 amide bonds. The molecule has 0 bridgehead atoms. The number of nitrogens with zero attached hydrogens (tertiary/aromatic N) is 3. The number of aryl methyl sites for hydroxylation is 1. The monoisotopic (exact) mass is 423 g/mol. The number of benzene rings is 2. The SMILES string of the molecule is CCNC(=NCC(O)c1ccc(OC(C)C)cc1)NCCn1c(C)nc2ccccc21. The number of hydrogen-bond acceptors (Lipinski definition) is 4. The van der Waals surface area contributed by atoms with E-state index in [1.807, 2.05) is 70.2 Å². The number of para-hydroxylation sites is 2. The Kier molecular flexibility index (Phi) is 7.89. The number of aliphatic hydroxyl groups is 1. The van der Waals surface area contributed by atoms with Crippen LogP contribution < -0.4 is 15.4 Å². The van der Waals surface area contributed by atoms with Gasteiger partial charge >= 0.3 is 0 Å². The van der Waals surface area contributed by atoms with Gasteiger partial charge in [-0.1, -0.05) is 24.3 Å². The highest BCUT2D eigenvalue weighted by Gasteiger charge is 2.09. The van der Waals surface area contributed by atoms with Crippen LogP contribution in [0, 0.1) is 6.92 Å². The van der Waals surface area contributed by atoms with E-state index >= 15 is 0 Å². The fraction of sp³-hybridized carbons (Fsp3) is 0.417. The third-order valence-corrected chi connectivity index (χ3v) is 4.88. The largest absolute Gasteiger partial charge is 0.491 e. The Morgan fingerprint density at radius 3 is 2.58 bits per heavy atom. The third kappa shape index (κ3) is 6.21. The molecule has 3 N–H and O–H groups in total. The summed E-state index contributed by atoms with van der Waals surface area (Å²) in [6.45, 7) is 10.5. The van der Waals surface area contributed by atoms with Crippen molar-refractivity contribution in [2.75, 3.05) is 19.6 Å². The molecular weight excluding hydrogens is 390 g/mol. The van der Waals surface area contributed by atoms with E-state index in [2.05, 4.69) is 31.2 Å². The molecule has 7 nitrogen and oxygen atoms in total. The molecule has 2 aromatic carbocycles. The fourth-order valence-corrected chi connectivity index (χ4v) is 3.43. The van der Waals surface area contributed by atoms with Gasteiger partial charge < -0.3 is 25.0 Å². The Morgan fingerprint density at radius 1 is 1.13 bits per heavy atom. The normalized spacial score (nSPS) is 12.9. The number of ether oxygens (including phenoxy) is 1. The molecule has 0 aliphatic carbocycles. The van der Waals surface area contributed by atoms with Crippen LogP contribution in [0.4, 0.5) is 0 Å². The maximum absolute atomic E-state index is 10.5. The quantitative estimate of drug-likeness (QED) is 0.363. The second kappa shape index (κ2) is 10.8. The van der Waals surface area contributed by atoms with E-state index in [0.29, 0.717) is 12.5 Å². The molecule has 0 saturated heterocycles. The lowest BCUT2D eigenvalue weighted by Crippen LogP contribution is -2.39. The summed E-state index contributed by atoms with van der Waals surface area (Å²) >= 11 is 0. The summed E-state index contributed by atoms with van der Waals surface area (Å²) in [6, 6.07) is 15.7. The number of aliphatic imine (C=N–C) groups is 1. The van der Waals surface area contributed by atoms with Crippen LogP contribution >= 0.6 is 0 Å². The van der Waals surface area contributed by atoms with Crippen LogP contribution in [0.5, 0.6) is 5.75 Å². The summed E-state index contributed by atoms with van der Waals surface area (Å²) < 4.78 is 7.85. The van der Waals surface area contributed by atoms with Gasteiger partial charge in [0.25, 0.3) is 0 Å². The molecule has 0 spiro atoms. The number of aromatic nitrogens is 2. The molecule has 1 aromatic heterocycles. The van der Waals surface area contributed by atoms with Crippen LogP contribution in [-0.4, -0.2) is 46.4 Å². The van der Waals surface area contributed by atoms with Crippen molar-refractivity contribution in [2.45, 2.75) is 46.4 Å². The van der Waals surface area contributed by atoms with Gasteiger partial charge in [-0.05, 0) is 57.5 Å². The van der Waals surface area contributed by atoms with Crippen LogP contribution in [-0.2, 0) is 6.54 Å². The van der Waals surface area contributed by atoms with Crippen molar-refractivity contribution in [3.63, 3.8) is 0 Å². The van der Waals surface area contributed by atoms with Gasteiger partial charge in [0.1, 0.15) is 11.6 Å². The topological polar surface area (TPSA) is 83.7 Å². The van der Waals surface area contributed by atoms with E-state index in [1.165, 1.54) is 0 Å². The first-order chi connectivity index (χ1) is 15.0. The van der Waals surface area contributed by atoms with E-state index in [1.54, 1.807) is 0 Å². The van der Waals surface area contributed by atoms with Crippen LogP contribution in [0.2, 0.25) is 0 Å². The van der Waals surface area contributed by atoms with Crippen LogP contribution in [0.1, 0.15) is 38.3 Å². The fourth-order valence-electron chi connectivity index (χ4n) is 3.43. The number of aliphatic hydroxyl groups excluding tert-OH is 1. The van der Waals surface area contributed by atoms with E-state index in [-0.39, 0.29) is 12.6 Å². The molecule has 0 radical (unpaired) electrons. The van der Waals surface area contributed by atoms with Gasteiger partial charge in [0.15, 0.2) is 5.96 Å². The van der Waals surface area contributed by atoms with Crippen molar-refractivity contribution in [3.8, 4) is 5.75 Å². The standard InChI is InChI=1S/C24H33N5O2/c1-5-25-24(26-14-15-29-18(4)28-21-8-6-7-9-22(21)29)27-16-23(30)19-10-12-20(13-11-19)31-17(2)3/h6-13,17,23,30H,5,14-16H2,1-4H3,(H2,25,26,27). The Morgan fingerprint density at radius 2 is 1.87 bits per heavy atom. The molecule has 1 atom stereocenters. The lowest BCUT2D eigenvalue weighted by atomic mass is 10.1. The molecule has 1 unspecified atom stereocenters. The Bertz CT molecular complexity index is 995. The van der Waals surface area contributed by atoms with Crippen molar-refractivity contribution in [1.29, 1.82) is 0 Å². The van der Waals surface area contributed by atoms with Crippen LogP contribution in [0.25, 0.3) is 11.0 Å². The lowest BCUT2D eigenvalue weighted by molar-refractivity contribution is 0.186. The summed E-state index contributed by atoms with van der Waals surface area (Å²) in [7, 11) is 0. The summed E-state index contributed by atoms with van der Waals surface area (Å²) in [6.07, 6.45) is -0.554. The minimum atomic E-state index is -0.677. The molecule has 0 aliphatic rings. The predicted molar refractivity (Wildman–Crippen MR) is 126 cm³/mol. The third-order valence-electron chi connectivity index (χ3n) is 4.88. The van der Waals surface area contributed by atoms with Gasteiger partial charge in [0.2, 0.25) is 0 Å². The van der Waals surface area contributed by atoms with Gasteiger partial charge in [-0.3, -0.25) is 4.99 Å². The lowest BCUT2D eigenvalue weighted by Gasteiger charge is -2.15. The number of imidazole rings is 1. The van der Waals surface area contributed by atoms with Crippen molar-refractivity contribution in [2.24, 2.45) is 4.99 Å². The minimum Gasteiger partial charge on any atom is -0.491 e. The second-order valence-electron chi connectivity index (χ2n) is 7.70. The maximum atomic E-state index is 10.5. The van der Waals surface area contributed by atoms with E-state index in [4.69, 9.17) is 4.74 Å². The molecule has 1 heterocycles. The van der Waals surface area contributed by atoms with Gasteiger partial charge in [-0.25, -0.2) is 4.98 Å². The average Bonchev–Trinajstić information content (AvgIpc) is 3.07. The number of nitrogens with one attached hydrogen (secondary N) is 2.